The van der Waals surface area contributed by atoms with Crippen LogP contribution in [0.5, 0.6) is 0 Å². The topological polar surface area (TPSA) is 29.1 Å². The molecule has 0 radical (unpaired) electrons. The van der Waals surface area contributed by atoms with Gasteiger partial charge in [-0.3, -0.25) is 4.79 Å². The van der Waals surface area contributed by atoms with Gasteiger partial charge < -0.3 is 5.32 Å². The van der Waals surface area contributed by atoms with Gasteiger partial charge in [-0.05, 0) is 29.3 Å². The highest BCUT2D eigenvalue weighted by atomic mass is 16.2. The average molecular weight is 335 g/mol. The maximum Gasteiger partial charge on any atom is 0.253 e. The lowest BCUT2D eigenvalue weighted by Gasteiger charge is -2.22. The molecule has 3 aromatic rings. The third kappa shape index (κ3) is 3.03. The molecule has 1 N–H and O–H groups in total. The van der Waals surface area contributed by atoms with Crippen molar-refractivity contribution in [1.29, 1.82) is 0 Å². The van der Waals surface area contributed by atoms with Gasteiger partial charge in [0.25, 0.3) is 5.91 Å². The number of carbonyl (C=O) groups excluding carboxylic acids is 1. The van der Waals surface area contributed by atoms with Crippen LogP contribution < -0.4 is 5.32 Å². The highest BCUT2D eigenvalue weighted by Crippen LogP contribution is 2.33. The first-order chi connectivity index (χ1) is 12.8. The van der Waals surface area contributed by atoms with Gasteiger partial charge in [0.15, 0.2) is 0 Å². The van der Waals surface area contributed by atoms with E-state index in [9.17, 15) is 4.79 Å². The summed E-state index contributed by atoms with van der Waals surface area (Å²) >= 11 is 0. The van der Waals surface area contributed by atoms with E-state index in [4.69, 9.17) is 0 Å². The third-order valence-corrected chi connectivity index (χ3v) is 4.41. The lowest BCUT2D eigenvalue weighted by Crippen LogP contribution is -2.38. The molecule has 1 heterocycles. The molecule has 3 aromatic carbocycles. The van der Waals surface area contributed by atoms with Crippen molar-refractivity contribution in [3.63, 3.8) is 0 Å². The van der Waals surface area contributed by atoms with Crippen LogP contribution in [0.15, 0.2) is 97.1 Å². The molecule has 0 saturated heterocycles. The summed E-state index contributed by atoms with van der Waals surface area (Å²) in [6, 6.07) is 29.3. The van der Waals surface area contributed by atoms with E-state index in [-0.39, 0.29) is 5.91 Å². The van der Waals surface area contributed by atoms with Crippen molar-refractivity contribution in [3.05, 3.63) is 114 Å². The van der Waals surface area contributed by atoms with Crippen LogP contribution in [0.4, 0.5) is 0 Å². The largest absolute Gasteiger partial charge is 0.328 e. The van der Waals surface area contributed by atoms with Gasteiger partial charge in [0, 0.05) is 11.1 Å². The van der Waals surface area contributed by atoms with E-state index in [2.05, 4.69) is 17.2 Å². The van der Waals surface area contributed by atoms with Crippen LogP contribution in [0.1, 0.15) is 16.7 Å². The Morgan fingerprint density at radius 2 is 1.31 bits per heavy atom. The molecule has 124 valence electrons. The predicted octanol–water partition coefficient (Wildman–Crippen LogP) is 4.15. The standard InChI is InChI=1S/C24H17NO/c26-23-22(20-12-6-2-7-13-20)18-24(25-23,21-14-8-3-9-15-21)17-16-19-10-4-1-5-11-19/h1-15,18H,(H,25,26). The van der Waals surface area contributed by atoms with Crippen LogP contribution in [0, 0.1) is 11.8 Å². The summed E-state index contributed by atoms with van der Waals surface area (Å²) in [6.07, 6.45) is 1.94. The fourth-order valence-corrected chi connectivity index (χ4v) is 3.08. The minimum absolute atomic E-state index is 0.109. The third-order valence-electron chi connectivity index (χ3n) is 4.41. The van der Waals surface area contributed by atoms with Crippen LogP contribution in [0.3, 0.4) is 0 Å². The predicted molar refractivity (Wildman–Crippen MR) is 104 cm³/mol. The molecular formula is C24H17NO. The monoisotopic (exact) mass is 335 g/mol. The highest BCUT2D eigenvalue weighted by molar-refractivity contribution is 6.22. The number of nitrogens with one attached hydrogen (secondary N) is 1. The van der Waals surface area contributed by atoms with Gasteiger partial charge in [-0.1, -0.05) is 90.7 Å². The Balaban J connectivity index is 1.85. The SMILES string of the molecule is O=C1NC(C#Cc2ccccc2)(c2ccccc2)C=C1c1ccccc1. The second-order valence-electron chi connectivity index (χ2n) is 6.17. The van der Waals surface area contributed by atoms with E-state index < -0.39 is 5.54 Å². The van der Waals surface area contributed by atoms with Crippen molar-refractivity contribution in [2.24, 2.45) is 0 Å². The maximum atomic E-state index is 12.7. The number of benzene rings is 3. The summed E-state index contributed by atoms with van der Waals surface area (Å²) < 4.78 is 0. The van der Waals surface area contributed by atoms with Crippen LogP contribution in [-0.4, -0.2) is 5.91 Å². The van der Waals surface area contributed by atoms with Crippen molar-refractivity contribution in [1.82, 2.24) is 5.32 Å². The molecular weight excluding hydrogens is 318 g/mol. The summed E-state index contributed by atoms with van der Waals surface area (Å²) in [5.74, 6) is 6.40. The van der Waals surface area contributed by atoms with E-state index in [1.807, 2.05) is 97.1 Å². The molecule has 4 rings (SSSR count). The van der Waals surface area contributed by atoms with Crippen molar-refractivity contribution in [3.8, 4) is 11.8 Å². The van der Waals surface area contributed by atoms with Crippen molar-refractivity contribution in [2.75, 3.05) is 0 Å². The molecule has 26 heavy (non-hydrogen) atoms. The molecule has 1 atom stereocenters. The number of carbonyl (C=O) groups is 1. The highest BCUT2D eigenvalue weighted by Gasteiger charge is 2.38. The smallest absolute Gasteiger partial charge is 0.253 e. The molecule has 2 nitrogen and oxygen atoms in total. The zero-order valence-corrected chi connectivity index (χ0v) is 14.1. The maximum absolute atomic E-state index is 12.7. The molecule has 0 fully saturated rings. The Morgan fingerprint density at radius 3 is 1.96 bits per heavy atom. The second-order valence-corrected chi connectivity index (χ2v) is 6.17. The molecule has 0 aliphatic carbocycles. The molecule has 1 amide bonds. The summed E-state index contributed by atoms with van der Waals surface area (Å²) in [7, 11) is 0. The average Bonchev–Trinajstić information content (AvgIpc) is 3.06. The Hall–Kier alpha value is -3.57. The Labute approximate surface area is 153 Å². The zero-order chi connectivity index (χ0) is 17.8. The van der Waals surface area contributed by atoms with Gasteiger partial charge >= 0.3 is 0 Å². The van der Waals surface area contributed by atoms with Gasteiger partial charge in [0.05, 0.1) is 0 Å². The zero-order valence-electron chi connectivity index (χ0n) is 14.1. The Bertz CT molecular complexity index is 1010. The van der Waals surface area contributed by atoms with Gasteiger partial charge in [-0.15, -0.1) is 0 Å². The molecule has 0 spiro atoms. The van der Waals surface area contributed by atoms with Crippen molar-refractivity contribution in [2.45, 2.75) is 5.54 Å². The number of rotatable bonds is 2. The molecule has 0 saturated carbocycles. The first-order valence-corrected chi connectivity index (χ1v) is 8.51. The summed E-state index contributed by atoms with van der Waals surface area (Å²) in [6.45, 7) is 0. The van der Waals surface area contributed by atoms with Gasteiger partial charge in [-0.2, -0.15) is 0 Å². The van der Waals surface area contributed by atoms with E-state index in [1.54, 1.807) is 0 Å². The van der Waals surface area contributed by atoms with Crippen LogP contribution in [0.25, 0.3) is 5.57 Å². The minimum atomic E-state index is -0.834. The molecule has 0 aromatic heterocycles. The van der Waals surface area contributed by atoms with Crippen molar-refractivity contribution >= 4 is 11.5 Å². The first-order valence-electron chi connectivity index (χ1n) is 8.51. The molecule has 2 heteroatoms. The van der Waals surface area contributed by atoms with Gasteiger partial charge in [0.2, 0.25) is 0 Å². The molecule has 1 aliphatic heterocycles. The molecule has 1 aliphatic rings. The Kier molecular flexibility index (Phi) is 4.13. The minimum Gasteiger partial charge on any atom is -0.328 e. The normalized spacial score (nSPS) is 18.5. The Morgan fingerprint density at radius 1 is 0.731 bits per heavy atom. The number of hydrogen-bond donors (Lipinski definition) is 1. The van der Waals surface area contributed by atoms with E-state index in [1.165, 1.54) is 0 Å². The van der Waals surface area contributed by atoms with E-state index in [0.717, 1.165) is 16.7 Å². The van der Waals surface area contributed by atoms with Crippen LogP contribution in [0.2, 0.25) is 0 Å². The van der Waals surface area contributed by atoms with Gasteiger partial charge in [-0.25, -0.2) is 0 Å². The quantitative estimate of drug-likeness (QED) is 0.701. The number of amides is 1. The summed E-state index contributed by atoms with van der Waals surface area (Å²) in [5, 5.41) is 3.10. The second kappa shape index (κ2) is 6.74. The van der Waals surface area contributed by atoms with Crippen molar-refractivity contribution < 1.29 is 4.79 Å². The fourth-order valence-electron chi connectivity index (χ4n) is 3.08. The van der Waals surface area contributed by atoms with Crippen LogP contribution >= 0.6 is 0 Å². The molecule has 1 unspecified atom stereocenters. The summed E-state index contributed by atoms with van der Waals surface area (Å²) in [4.78, 5) is 12.7. The molecule has 0 bridgehead atoms. The summed E-state index contributed by atoms with van der Waals surface area (Å²) in [5.41, 5.74) is 2.57. The van der Waals surface area contributed by atoms with E-state index >= 15 is 0 Å². The van der Waals surface area contributed by atoms with E-state index in [0.29, 0.717) is 5.57 Å². The fraction of sp³-hybridized carbons (Fsp3) is 0.0417. The van der Waals surface area contributed by atoms with Crippen LogP contribution in [-0.2, 0) is 10.3 Å². The number of hydrogen-bond acceptors (Lipinski definition) is 1. The lowest BCUT2D eigenvalue weighted by atomic mass is 9.90. The van der Waals surface area contributed by atoms with Gasteiger partial charge in [0.1, 0.15) is 5.54 Å². The first kappa shape index (κ1) is 15.9. The lowest BCUT2D eigenvalue weighted by molar-refractivity contribution is -0.115.